The molecule has 0 radical (unpaired) electrons. The van der Waals surface area contributed by atoms with Gasteiger partial charge in [0.25, 0.3) is 0 Å². The van der Waals surface area contributed by atoms with Crippen LogP contribution in [0.1, 0.15) is 71.3 Å². The van der Waals surface area contributed by atoms with Crippen LogP contribution in [-0.2, 0) is 30.5 Å². The maximum absolute atomic E-state index is 14.4. The third-order valence-corrected chi connectivity index (χ3v) is 10.3. The molecule has 3 fully saturated rings. The van der Waals surface area contributed by atoms with Crippen molar-refractivity contribution >= 4 is 34.5 Å². The summed E-state index contributed by atoms with van der Waals surface area (Å²) in [5.41, 5.74) is -0.802. The number of rotatable bonds is 5. The summed E-state index contributed by atoms with van der Waals surface area (Å²) in [5.74, 6) is -3.02. The molecule has 1 saturated carbocycles. The first-order valence-electron chi connectivity index (χ1n) is 16.9. The number of carbonyl (C=O) groups is 4. The standard InChI is InChI=1S/C37H47N3O6/c1-36(2,3)46-31(41)18-25-13-7-5-4-6-8-16-28-19-37(28,35(44)45)38-33(42)32-30-23-39(21-27(30)22-40(32)34(25)43)20-26-15-11-14-24-12-9-10-17-29(24)26/h8-12,14-17,25,27-28,30,32H,4-7,13,18-23H2,1-3H3,(H,38,42)(H,44,45)/b16-8-/t25-,27-,28+,30-,32-,37+/m0/s1. The van der Waals surface area contributed by atoms with E-state index in [9.17, 15) is 24.3 Å². The summed E-state index contributed by atoms with van der Waals surface area (Å²) < 4.78 is 5.61. The van der Waals surface area contributed by atoms with E-state index in [1.165, 1.54) is 16.3 Å². The molecule has 1 aliphatic carbocycles. The van der Waals surface area contributed by atoms with Crippen LogP contribution in [0, 0.1) is 23.7 Å². The predicted molar refractivity (Wildman–Crippen MR) is 174 cm³/mol. The average Bonchev–Trinajstić information content (AvgIpc) is 3.37. The van der Waals surface area contributed by atoms with Crippen molar-refractivity contribution in [1.82, 2.24) is 15.1 Å². The van der Waals surface area contributed by atoms with E-state index < -0.39 is 40.9 Å². The van der Waals surface area contributed by atoms with Gasteiger partial charge in [-0.25, -0.2) is 4.79 Å². The molecular weight excluding hydrogens is 582 g/mol. The van der Waals surface area contributed by atoms with Crippen LogP contribution in [0.25, 0.3) is 10.8 Å². The van der Waals surface area contributed by atoms with E-state index in [4.69, 9.17) is 4.74 Å². The van der Waals surface area contributed by atoms with Gasteiger partial charge in [-0.3, -0.25) is 19.3 Å². The Kier molecular flexibility index (Phi) is 8.98. The minimum absolute atomic E-state index is 0.0372. The Balaban J connectivity index is 1.28. The largest absolute Gasteiger partial charge is 0.479 e. The Morgan fingerprint density at radius 2 is 1.80 bits per heavy atom. The second-order valence-corrected chi connectivity index (χ2v) is 14.8. The molecule has 2 aromatic carbocycles. The zero-order valence-corrected chi connectivity index (χ0v) is 27.2. The van der Waals surface area contributed by atoms with E-state index in [1.54, 1.807) is 4.90 Å². The van der Waals surface area contributed by atoms with E-state index in [2.05, 4.69) is 40.5 Å². The molecule has 6 rings (SSSR count). The minimum atomic E-state index is -1.35. The van der Waals surface area contributed by atoms with Gasteiger partial charge >= 0.3 is 11.9 Å². The number of benzene rings is 2. The van der Waals surface area contributed by atoms with Crippen LogP contribution in [0.2, 0.25) is 0 Å². The molecule has 6 atom stereocenters. The first-order chi connectivity index (χ1) is 21.9. The van der Waals surface area contributed by atoms with Crippen molar-refractivity contribution < 1.29 is 29.0 Å². The molecule has 9 heteroatoms. The Bertz CT molecular complexity index is 1530. The van der Waals surface area contributed by atoms with Gasteiger partial charge in [0.15, 0.2) is 0 Å². The summed E-state index contributed by atoms with van der Waals surface area (Å²) in [7, 11) is 0. The Hall–Kier alpha value is -3.72. The lowest BCUT2D eigenvalue weighted by Gasteiger charge is -2.32. The molecule has 4 aliphatic rings. The number of likely N-dealkylation sites (tertiary alicyclic amines) is 1. The molecular formula is C37H47N3O6. The van der Waals surface area contributed by atoms with Crippen molar-refractivity contribution in [3.05, 3.63) is 60.2 Å². The lowest BCUT2D eigenvalue weighted by atomic mass is 9.92. The maximum Gasteiger partial charge on any atom is 0.330 e. The number of fused-ring (bicyclic) bond motifs is 5. The fraction of sp³-hybridized carbons (Fsp3) is 0.568. The van der Waals surface area contributed by atoms with Gasteiger partial charge in [-0.1, -0.05) is 67.5 Å². The number of ether oxygens (including phenoxy) is 1. The van der Waals surface area contributed by atoms with E-state index in [0.29, 0.717) is 25.9 Å². The summed E-state index contributed by atoms with van der Waals surface area (Å²) in [6.07, 6.45) is 8.18. The van der Waals surface area contributed by atoms with Gasteiger partial charge in [-0.2, -0.15) is 0 Å². The summed E-state index contributed by atoms with van der Waals surface area (Å²) in [5, 5.41) is 15.5. The summed E-state index contributed by atoms with van der Waals surface area (Å²) >= 11 is 0. The maximum atomic E-state index is 14.4. The van der Waals surface area contributed by atoms with E-state index in [0.717, 1.165) is 38.8 Å². The van der Waals surface area contributed by atoms with Crippen LogP contribution in [0.3, 0.4) is 0 Å². The molecule has 0 aromatic heterocycles. The van der Waals surface area contributed by atoms with Gasteiger partial charge in [-0.15, -0.1) is 0 Å². The molecule has 0 bridgehead atoms. The molecule has 46 heavy (non-hydrogen) atoms. The normalized spacial score (nSPS) is 31.2. The average molecular weight is 630 g/mol. The van der Waals surface area contributed by atoms with Crippen molar-refractivity contribution in [3.8, 4) is 0 Å². The molecule has 246 valence electrons. The highest BCUT2D eigenvalue weighted by atomic mass is 16.6. The number of hydrogen-bond acceptors (Lipinski definition) is 6. The lowest BCUT2D eigenvalue weighted by Crippen LogP contribution is -2.56. The van der Waals surface area contributed by atoms with Crippen LogP contribution >= 0.6 is 0 Å². The van der Waals surface area contributed by atoms with E-state index >= 15 is 0 Å². The highest BCUT2D eigenvalue weighted by molar-refractivity contribution is 5.96. The van der Waals surface area contributed by atoms with Gasteiger partial charge in [0.1, 0.15) is 17.2 Å². The predicted octanol–water partition coefficient (Wildman–Crippen LogP) is 4.93. The quantitative estimate of drug-likeness (QED) is 0.356. The summed E-state index contributed by atoms with van der Waals surface area (Å²) in [6.45, 7) is 7.92. The monoisotopic (exact) mass is 629 g/mol. The number of carboxylic acids is 1. The van der Waals surface area contributed by atoms with Gasteiger partial charge < -0.3 is 20.1 Å². The smallest absolute Gasteiger partial charge is 0.330 e. The third kappa shape index (κ3) is 6.70. The zero-order chi connectivity index (χ0) is 32.6. The lowest BCUT2D eigenvalue weighted by molar-refractivity contribution is -0.159. The molecule has 0 spiro atoms. The molecule has 2 amide bonds. The van der Waals surface area contributed by atoms with Crippen LogP contribution in [0.5, 0.6) is 0 Å². The van der Waals surface area contributed by atoms with Crippen LogP contribution in [0.4, 0.5) is 0 Å². The van der Waals surface area contributed by atoms with Crippen LogP contribution < -0.4 is 5.32 Å². The Labute approximate surface area is 271 Å². The van der Waals surface area contributed by atoms with Gasteiger partial charge in [0, 0.05) is 43.9 Å². The second kappa shape index (κ2) is 12.8. The number of esters is 1. The number of hydrogen-bond donors (Lipinski definition) is 2. The van der Waals surface area contributed by atoms with Crippen LogP contribution in [-0.4, -0.2) is 75.5 Å². The first kappa shape index (κ1) is 32.2. The number of allylic oxidation sites excluding steroid dienone is 1. The van der Waals surface area contributed by atoms with Crippen molar-refractivity contribution in [1.29, 1.82) is 0 Å². The summed E-state index contributed by atoms with van der Waals surface area (Å²) in [4.78, 5) is 58.1. The van der Waals surface area contributed by atoms with Gasteiger partial charge in [0.05, 0.1) is 6.42 Å². The number of nitrogens with one attached hydrogen (secondary N) is 1. The second-order valence-electron chi connectivity index (χ2n) is 14.8. The topological polar surface area (TPSA) is 116 Å². The first-order valence-corrected chi connectivity index (χ1v) is 16.9. The SMILES string of the molecule is CC(C)(C)OC(=O)C[C@@H]1CCCCC/C=C\[C@@H]2C[C@@]2(C(=O)O)NC(=O)[C@@H]2[C@H]3CN(Cc4cccc5ccccc45)C[C@H]3CN2C1=O. The molecule has 2 N–H and O–H groups in total. The fourth-order valence-corrected chi connectivity index (χ4v) is 7.98. The zero-order valence-electron chi connectivity index (χ0n) is 27.2. The molecule has 3 aliphatic heterocycles. The highest BCUT2D eigenvalue weighted by Crippen LogP contribution is 2.46. The number of aliphatic carboxylic acids is 1. The van der Waals surface area contributed by atoms with Crippen molar-refractivity contribution in [2.75, 3.05) is 19.6 Å². The molecule has 3 heterocycles. The van der Waals surface area contributed by atoms with Crippen molar-refractivity contribution in [2.45, 2.75) is 89.4 Å². The van der Waals surface area contributed by atoms with Crippen molar-refractivity contribution in [3.63, 3.8) is 0 Å². The molecule has 2 aromatic rings. The summed E-state index contributed by atoms with van der Waals surface area (Å²) in [6, 6.07) is 13.8. The Morgan fingerprint density at radius 3 is 2.59 bits per heavy atom. The van der Waals surface area contributed by atoms with Crippen molar-refractivity contribution in [2.24, 2.45) is 23.7 Å². The fourth-order valence-electron chi connectivity index (χ4n) is 7.98. The third-order valence-electron chi connectivity index (χ3n) is 10.3. The van der Waals surface area contributed by atoms with Crippen LogP contribution in [0.15, 0.2) is 54.6 Å². The number of carboxylic acid groups (broad SMARTS) is 1. The van der Waals surface area contributed by atoms with E-state index in [-0.39, 0.29) is 30.1 Å². The van der Waals surface area contributed by atoms with Gasteiger partial charge in [0.2, 0.25) is 11.8 Å². The van der Waals surface area contributed by atoms with Gasteiger partial charge in [-0.05, 0) is 68.7 Å². The highest BCUT2D eigenvalue weighted by Gasteiger charge is 2.62. The van der Waals surface area contributed by atoms with E-state index in [1.807, 2.05) is 45.1 Å². The Morgan fingerprint density at radius 1 is 1.02 bits per heavy atom. The molecule has 2 saturated heterocycles. The minimum Gasteiger partial charge on any atom is -0.479 e. The number of carbonyl (C=O) groups excluding carboxylic acids is 3. The molecule has 0 unspecified atom stereocenters. The number of amides is 2. The molecule has 9 nitrogen and oxygen atoms in total. The number of nitrogens with zero attached hydrogens (tertiary/aromatic N) is 2.